The van der Waals surface area contributed by atoms with Crippen LogP contribution in [0.25, 0.3) is 22.3 Å². The van der Waals surface area contributed by atoms with Gasteiger partial charge in [-0.25, -0.2) is 9.97 Å². The molecule has 1 N–H and O–H groups in total. The molecule has 0 saturated heterocycles. The molecule has 1 aliphatic carbocycles. The highest BCUT2D eigenvalue weighted by Gasteiger charge is 2.28. The molecule has 116 valence electrons. The van der Waals surface area contributed by atoms with Gasteiger partial charge in [0.2, 0.25) is 0 Å². The predicted molar refractivity (Wildman–Crippen MR) is 89.3 cm³/mol. The van der Waals surface area contributed by atoms with E-state index in [-0.39, 0.29) is 5.37 Å². The lowest BCUT2D eigenvalue weighted by atomic mass is 10.1. The molecule has 1 unspecified atom stereocenters. The van der Waals surface area contributed by atoms with Crippen molar-refractivity contribution in [3.63, 3.8) is 0 Å². The van der Waals surface area contributed by atoms with Crippen molar-refractivity contribution in [1.29, 1.82) is 5.26 Å². The van der Waals surface area contributed by atoms with Crippen LogP contribution in [0.4, 0.5) is 0 Å². The molecule has 7 heteroatoms. The van der Waals surface area contributed by atoms with Crippen molar-refractivity contribution in [2.75, 3.05) is 0 Å². The third-order valence-electron chi connectivity index (χ3n) is 4.47. The van der Waals surface area contributed by atoms with Crippen LogP contribution >= 0.6 is 11.8 Å². The molecule has 1 aliphatic rings. The summed E-state index contributed by atoms with van der Waals surface area (Å²) in [5.74, 6) is 0.519. The predicted octanol–water partition coefficient (Wildman–Crippen LogP) is 3.72. The Balaban J connectivity index is 1.70. The van der Waals surface area contributed by atoms with Gasteiger partial charge in [-0.3, -0.25) is 4.68 Å². The first-order chi connectivity index (χ1) is 11.4. The monoisotopic (exact) mass is 324 g/mol. The lowest BCUT2D eigenvalue weighted by Gasteiger charge is -2.20. The fourth-order valence-corrected chi connectivity index (χ4v) is 4.16. The van der Waals surface area contributed by atoms with Crippen molar-refractivity contribution >= 4 is 22.8 Å². The second kappa shape index (κ2) is 6.05. The highest BCUT2D eigenvalue weighted by Crippen LogP contribution is 2.40. The quantitative estimate of drug-likeness (QED) is 0.739. The average molecular weight is 324 g/mol. The maximum absolute atomic E-state index is 9.14. The number of fused-ring (bicyclic) bond motifs is 1. The number of hydrogen-bond donors (Lipinski definition) is 1. The van der Waals surface area contributed by atoms with E-state index in [2.05, 4.69) is 25.5 Å². The number of hydrogen-bond acceptors (Lipinski definition) is 5. The maximum atomic E-state index is 9.14. The fraction of sp³-hybridized carbons (Fsp3) is 0.375. The average Bonchev–Trinajstić information content (AvgIpc) is 3.32. The molecule has 6 nitrogen and oxygen atoms in total. The number of nitriles is 1. The fourth-order valence-electron chi connectivity index (χ4n) is 3.36. The van der Waals surface area contributed by atoms with Crippen molar-refractivity contribution in [2.24, 2.45) is 5.92 Å². The lowest BCUT2D eigenvalue weighted by molar-refractivity contribution is 0.417. The van der Waals surface area contributed by atoms with Crippen molar-refractivity contribution in [1.82, 2.24) is 24.7 Å². The Labute approximate surface area is 137 Å². The summed E-state index contributed by atoms with van der Waals surface area (Å²) in [4.78, 5) is 11.7. The largest absolute Gasteiger partial charge is 0.346 e. The Morgan fingerprint density at radius 3 is 3.04 bits per heavy atom. The van der Waals surface area contributed by atoms with E-state index in [1.165, 1.54) is 37.4 Å². The third kappa shape index (κ3) is 2.59. The molecule has 0 bridgehead atoms. The summed E-state index contributed by atoms with van der Waals surface area (Å²) in [5.41, 5.74) is 2.65. The zero-order chi connectivity index (χ0) is 15.6. The van der Waals surface area contributed by atoms with E-state index in [0.717, 1.165) is 22.3 Å². The lowest BCUT2D eigenvalue weighted by Crippen LogP contribution is -2.14. The number of nitrogens with one attached hydrogen (secondary N) is 1. The topological polar surface area (TPSA) is 83.2 Å². The van der Waals surface area contributed by atoms with Gasteiger partial charge in [-0.1, -0.05) is 12.8 Å². The molecule has 1 fully saturated rings. The van der Waals surface area contributed by atoms with Crippen LogP contribution in [-0.4, -0.2) is 24.7 Å². The number of thiocyanates is 1. The molecular weight excluding hydrogens is 308 g/mol. The van der Waals surface area contributed by atoms with E-state index in [0.29, 0.717) is 5.92 Å². The van der Waals surface area contributed by atoms with Gasteiger partial charge in [0.05, 0.1) is 11.9 Å². The third-order valence-corrected chi connectivity index (χ3v) is 5.41. The van der Waals surface area contributed by atoms with Gasteiger partial charge in [-0.15, -0.1) is 0 Å². The van der Waals surface area contributed by atoms with Crippen LogP contribution in [0.1, 0.15) is 31.1 Å². The molecule has 3 aromatic heterocycles. The van der Waals surface area contributed by atoms with Crippen LogP contribution < -0.4 is 0 Å². The molecule has 3 aromatic rings. The zero-order valence-corrected chi connectivity index (χ0v) is 13.3. The van der Waals surface area contributed by atoms with Gasteiger partial charge in [0.25, 0.3) is 0 Å². The molecule has 0 spiro atoms. The van der Waals surface area contributed by atoms with Gasteiger partial charge in [-0.05, 0) is 36.6 Å². The molecule has 0 amide bonds. The Kier molecular flexibility index (Phi) is 3.75. The first-order valence-corrected chi connectivity index (χ1v) is 8.62. The van der Waals surface area contributed by atoms with Crippen molar-refractivity contribution in [3.8, 4) is 16.7 Å². The highest BCUT2D eigenvalue weighted by molar-refractivity contribution is 8.03. The van der Waals surface area contributed by atoms with Crippen molar-refractivity contribution in [2.45, 2.75) is 31.1 Å². The molecular formula is C16H16N6S. The van der Waals surface area contributed by atoms with Crippen LogP contribution in [0.15, 0.2) is 31.0 Å². The summed E-state index contributed by atoms with van der Waals surface area (Å²) in [6.45, 7) is 0. The summed E-state index contributed by atoms with van der Waals surface area (Å²) in [6.07, 6.45) is 12.1. The Bertz CT molecular complexity index is 855. The van der Waals surface area contributed by atoms with E-state index in [1.54, 1.807) is 6.33 Å². The minimum absolute atomic E-state index is 0.0832. The summed E-state index contributed by atoms with van der Waals surface area (Å²) >= 11 is 1.31. The van der Waals surface area contributed by atoms with Crippen LogP contribution in [0.5, 0.6) is 0 Å². The van der Waals surface area contributed by atoms with Gasteiger partial charge in [0.15, 0.2) is 0 Å². The number of H-pyrrole nitrogens is 1. The molecule has 3 heterocycles. The highest BCUT2D eigenvalue weighted by atomic mass is 32.2. The van der Waals surface area contributed by atoms with Crippen LogP contribution in [0.2, 0.25) is 0 Å². The van der Waals surface area contributed by atoms with Crippen molar-refractivity contribution < 1.29 is 0 Å². The van der Waals surface area contributed by atoms with Gasteiger partial charge < -0.3 is 4.98 Å². The molecule has 1 saturated carbocycles. The van der Waals surface area contributed by atoms with E-state index in [4.69, 9.17) is 5.26 Å². The number of thioether (sulfide) groups is 1. The van der Waals surface area contributed by atoms with Crippen LogP contribution in [0.3, 0.4) is 0 Å². The maximum Gasteiger partial charge on any atom is 0.141 e. The Hall–Kier alpha value is -2.33. The normalized spacial score (nSPS) is 16.7. The zero-order valence-electron chi connectivity index (χ0n) is 12.5. The first kappa shape index (κ1) is 14.3. The number of nitrogens with zero attached hydrogens (tertiary/aromatic N) is 5. The molecule has 23 heavy (non-hydrogen) atoms. The summed E-state index contributed by atoms with van der Waals surface area (Å²) < 4.78 is 1.93. The standard InChI is InChI=1S/C16H16N6S/c17-9-23-16(11-3-1-2-4-11)22-8-12(7-21-22)14-13-5-6-18-15(13)20-10-19-14/h5-8,10-11,16H,1-4H2,(H,18,19,20). The smallest absolute Gasteiger partial charge is 0.141 e. The molecule has 1 atom stereocenters. The van der Waals surface area contributed by atoms with E-state index < -0.39 is 0 Å². The summed E-state index contributed by atoms with van der Waals surface area (Å²) in [6, 6.07) is 1.97. The van der Waals surface area contributed by atoms with Gasteiger partial charge in [0, 0.05) is 23.3 Å². The van der Waals surface area contributed by atoms with Gasteiger partial charge in [0.1, 0.15) is 22.7 Å². The van der Waals surface area contributed by atoms with E-state index in [9.17, 15) is 0 Å². The van der Waals surface area contributed by atoms with Crippen LogP contribution in [-0.2, 0) is 0 Å². The molecule has 0 radical (unpaired) electrons. The van der Waals surface area contributed by atoms with E-state index >= 15 is 0 Å². The van der Waals surface area contributed by atoms with Gasteiger partial charge >= 0.3 is 0 Å². The number of aromatic nitrogens is 5. The Morgan fingerprint density at radius 2 is 2.22 bits per heavy atom. The Morgan fingerprint density at radius 1 is 1.35 bits per heavy atom. The summed E-state index contributed by atoms with van der Waals surface area (Å²) in [5, 5.41) is 17.0. The second-order valence-electron chi connectivity index (χ2n) is 5.82. The van der Waals surface area contributed by atoms with E-state index in [1.807, 2.05) is 29.3 Å². The number of rotatable bonds is 4. The van der Waals surface area contributed by atoms with Gasteiger partial charge in [-0.2, -0.15) is 10.4 Å². The summed E-state index contributed by atoms with van der Waals surface area (Å²) in [7, 11) is 0. The SMILES string of the molecule is N#CSC(C1CCCC1)n1cc(-c2ncnc3[nH]ccc23)cn1. The van der Waals surface area contributed by atoms with Crippen molar-refractivity contribution in [3.05, 3.63) is 31.0 Å². The number of aromatic amines is 1. The molecule has 4 rings (SSSR count). The minimum atomic E-state index is 0.0832. The minimum Gasteiger partial charge on any atom is -0.346 e. The second-order valence-corrected chi connectivity index (χ2v) is 6.72. The van der Waals surface area contributed by atoms with Crippen LogP contribution in [0, 0.1) is 16.6 Å². The molecule has 0 aliphatic heterocycles. The first-order valence-electron chi connectivity index (χ1n) is 7.74. The molecule has 0 aromatic carbocycles.